The fourth-order valence-corrected chi connectivity index (χ4v) is 2.07. The van der Waals surface area contributed by atoms with Crippen molar-refractivity contribution in [3.8, 4) is 0 Å². The Morgan fingerprint density at radius 3 is 1.67 bits per heavy atom. The van der Waals surface area contributed by atoms with Gasteiger partial charge in [-0.15, -0.1) is 0 Å². The minimum absolute atomic E-state index is 0.491. The predicted octanol–water partition coefficient (Wildman–Crippen LogP) is 5.05. The van der Waals surface area contributed by atoms with E-state index in [0.29, 0.717) is 29.6 Å². The van der Waals surface area contributed by atoms with Crippen molar-refractivity contribution in [1.82, 2.24) is 9.97 Å². The minimum Gasteiger partial charge on any atom is -0.345 e. The molecule has 0 saturated carbocycles. The molecule has 0 bridgehead atoms. The van der Waals surface area contributed by atoms with Gasteiger partial charge in [0.2, 0.25) is 0 Å². The van der Waals surface area contributed by atoms with E-state index >= 15 is 0 Å². The molecule has 1 aromatic heterocycles. The third kappa shape index (κ3) is 3.15. The van der Waals surface area contributed by atoms with Gasteiger partial charge in [-0.1, -0.05) is 55.4 Å². The molecule has 0 fully saturated rings. The average molecular weight is 250 g/mol. The first-order chi connectivity index (χ1) is 8.25. The standard InChI is InChI=1S/C16H30N2/c1-9(2)12(7)15-14(11(5)6)17-16(18-15)13(8)10(3)4/h9-13H,1-8H3,(H,17,18). The number of aromatic nitrogens is 2. The molecule has 1 rings (SSSR count). The molecule has 0 spiro atoms. The molecule has 1 heterocycles. The van der Waals surface area contributed by atoms with E-state index in [9.17, 15) is 0 Å². The Morgan fingerprint density at radius 2 is 1.28 bits per heavy atom. The van der Waals surface area contributed by atoms with Crippen molar-refractivity contribution in [2.45, 2.75) is 73.1 Å². The number of hydrogen-bond acceptors (Lipinski definition) is 1. The zero-order valence-electron chi connectivity index (χ0n) is 13.3. The lowest BCUT2D eigenvalue weighted by atomic mass is 9.91. The van der Waals surface area contributed by atoms with Crippen molar-refractivity contribution < 1.29 is 0 Å². The smallest absolute Gasteiger partial charge is 0.109 e. The van der Waals surface area contributed by atoms with Crippen LogP contribution < -0.4 is 0 Å². The van der Waals surface area contributed by atoms with Gasteiger partial charge in [0.05, 0.1) is 5.69 Å². The Hall–Kier alpha value is -0.790. The highest BCUT2D eigenvalue weighted by Gasteiger charge is 2.23. The molecule has 0 aliphatic rings. The zero-order chi connectivity index (χ0) is 14.0. The Labute approximate surface area is 113 Å². The lowest BCUT2D eigenvalue weighted by molar-refractivity contribution is 0.503. The van der Waals surface area contributed by atoms with Gasteiger partial charge >= 0.3 is 0 Å². The van der Waals surface area contributed by atoms with Gasteiger partial charge in [-0.2, -0.15) is 0 Å². The summed E-state index contributed by atoms with van der Waals surface area (Å²) in [7, 11) is 0. The second kappa shape index (κ2) is 5.90. The van der Waals surface area contributed by atoms with Gasteiger partial charge in [0.15, 0.2) is 0 Å². The fourth-order valence-electron chi connectivity index (χ4n) is 2.07. The van der Waals surface area contributed by atoms with Crippen LogP contribution in [0.15, 0.2) is 0 Å². The number of H-pyrrole nitrogens is 1. The molecule has 2 unspecified atom stereocenters. The third-order valence-electron chi connectivity index (χ3n) is 4.21. The SMILES string of the molecule is CC(C)c1nc(C(C)C(C)C)[nH]c1C(C)C(C)C. The number of aromatic amines is 1. The summed E-state index contributed by atoms with van der Waals surface area (Å²) in [5, 5.41) is 0. The number of rotatable bonds is 5. The summed E-state index contributed by atoms with van der Waals surface area (Å²) in [5.41, 5.74) is 2.61. The van der Waals surface area contributed by atoms with Crippen LogP contribution >= 0.6 is 0 Å². The molecule has 1 N–H and O–H groups in total. The molecule has 0 radical (unpaired) electrons. The van der Waals surface area contributed by atoms with E-state index in [1.54, 1.807) is 0 Å². The molecule has 2 nitrogen and oxygen atoms in total. The second-order valence-electron chi connectivity index (χ2n) is 6.64. The molecule has 18 heavy (non-hydrogen) atoms. The number of hydrogen-bond donors (Lipinski definition) is 1. The van der Waals surface area contributed by atoms with Crippen LogP contribution in [0.2, 0.25) is 0 Å². The van der Waals surface area contributed by atoms with E-state index in [0.717, 1.165) is 5.82 Å². The van der Waals surface area contributed by atoms with Crippen molar-refractivity contribution in [2.75, 3.05) is 0 Å². The van der Waals surface area contributed by atoms with Gasteiger partial charge in [0.1, 0.15) is 5.82 Å². The highest BCUT2D eigenvalue weighted by atomic mass is 15.0. The Kier molecular flexibility index (Phi) is 5.01. The summed E-state index contributed by atoms with van der Waals surface area (Å²) >= 11 is 0. The molecule has 1 aromatic rings. The normalized spacial score (nSPS) is 15.7. The number of imidazole rings is 1. The van der Waals surface area contributed by atoms with Gasteiger partial charge in [-0.05, 0) is 17.8 Å². The predicted molar refractivity (Wildman–Crippen MR) is 79.2 cm³/mol. The zero-order valence-corrected chi connectivity index (χ0v) is 13.3. The molecule has 0 aromatic carbocycles. The first-order valence-electron chi connectivity index (χ1n) is 7.35. The minimum atomic E-state index is 0.491. The van der Waals surface area contributed by atoms with Crippen molar-refractivity contribution in [3.05, 3.63) is 17.2 Å². The second-order valence-corrected chi connectivity index (χ2v) is 6.64. The molecule has 0 saturated heterocycles. The largest absolute Gasteiger partial charge is 0.345 e. The lowest BCUT2D eigenvalue weighted by Gasteiger charge is -2.17. The molecular formula is C16H30N2. The summed E-state index contributed by atoms with van der Waals surface area (Å²) < 4.78 is 0. The average Bonchev–Trinajstić information content (AvgIpc) is 2.71. The maximum absolute atomic E-state index is 4.88. The Balaban J connectivity index is 3.16. The van der Waals surface area contributed by atoms with Gasteiger partial charge in [0.25, 0.3) is 0 Å². The van der Waals surface area contributed by atoms with Crippen LogP contribution in [0.4, 0.5) is 0 Å². The summed E-state index contributed by atoms with van der Waals surface area (Å²) in [6.45, 7) is 18.1. The highest BCUT2D eigenvalue weighted by molar-refractivity contribution is 5.23. The van der Waals surface area contributed by atoms with E-state index in [-0.39, 0.29) is 0 Å². The number of nitrogens with one attached hydrogen (secondary N) is 1. The summed E-state index contributed by atoms with van der Waals surface area (Å²) in [6, 6.07) is 0. The molecule has 0 aliphatic heterocycles. The maximum atomic E-state index is 4.88. The molecule has 0 aliphatic carbocycles. The fraction of sp³-hybridized carbons (Fsp3) is 0.812. The topological polar surface area (TPSA) is 28.7 Å². The van der Waals surface area contributed by atoms with Gasteiger partial charge in [0, 0.05) is 17.5 Å². The van der Waals surface area contributed by atoms with Crippen molar-refractivity contribution in [2.24, 2.45) is 11.8 Å². The van der Waals surface area contributed by atoms with E-state index < -0.39 is 0 Å². The van der Waals surface area contributed by atoms with E-state index in [1.807, 2.05) is 0 Å². The third-order valence-corrected chi connectivity index (χ3v) is 4.21. The quantitative estimate of drug-likeness (QED) is 0.778. The Bertz CT molecular complexity index is 374. The summed E-state index contributed by atoms with van der Waals surface area (Å²) in [6.07, 6.45) is 0. The highest BCUT2D eigenvalue weighted by Crippen LogP contribution is 2.32. The molecule has 0 amide bonds. The maximum Gasteiger partial charge on any atom is 0.109 e. The summed E-state index contributed by atoms with van der Waals surface area (Å²) in [4.78, 5) is 8.49. The van der Waals surface area contributed by atoms with E-state index in [4.69, 9.17) is 4.98 Å². The summed E-state index contributed by atoms with van der Waals surface area (Å²) in [5.74, 6) is 3.96. The van der Waals surface area contributed by atoms with Crippen LogP contribution in [-0.2, 0) is 0 Å². The Morgan fingerprint density at radius 1 is 0.778 bits per heavy atom. The van der Waals surface area contributed by atoms with Gasteiger partial charge in [-0.25, -0.2) is 4.98 Å². The van der Waals surface area contributed by atoms with E-state index in [1.165, 1.54) is 11.4 Å². The molecule has 104 valence electrons. The van der Waals surface area contributed by atoms with Crippen LogP contribution in [0.5, 0.6) is 0 Å². The first kappa shape index (κ1) is 15.3. The van der Waals surface area contributed by atoms with Crippen molar-refractivity contribution in [1.29, 1.82) is 0 Å². The van der Waals surface area contributed by atoms with Crippen LogP contribution in [0.1, 0.15) is 90.4 Å². The monoisotopic (exact) mass is 250 g/mol. The lowest BCUT2D eigenvalue weighted by Crippen LogP contribution is -2.07. The van der Waals surface area contributed by atoms with Crippen LogP contribution in [-0.4, -0.2) is 9.97 Å². The molecule has 2 heteroatoms. The van der Waals surface area contributed by atoms with Crippen LogP contribution in [0.25, 0.3) is 0 Å². The van der Waals surface area contributed by atoms with Crippen molar-refractivity contribution in [3.63, 3.8) is 0 Å². The number of nitrogens with zero attached hydrogens (tertiary/aromatic N) is 1. The first-order valence-corrected chi connectivity index (χ1v) is 7.35. The van der Waals surface area contributed by atoms with E-state index in [2.05, 4.69) is 60.4 Å². The van der Waals surface area contributed by atoms with Gasteiger partial charge < -0.3 is 4.98 Å². The van der Waals surface area contributed by atoms with Crippen LogP contribution in [0, 0.1) is 11.8 Å². The molecule has 2 atom stereocenters. The molecular weight excluding hydrogens is 220 g/mol. The van der Waals surface area contributed by atoms with Crippen molar-refractivity contribution >= 4 is 0 Å². The van der Waals surface area contributed by atoms with Gasteiger partial charge in [-0.3, -0.25) is 0 Å². The van der Waals surface area contributed by atoms with Crippen LogP contribution in [0.3, 0.4) is 0 Å².